The number of pyridine rings is 1. The van der Waals surface area contributed by atoms with E-state index in [0.717, 1.165) is 12.8 Å². The highest BCUT2D eigenvalue weighted by Gasteiger charge is 2.43. The fourth-order valence-corrected chi connectivity index (χ4v) is 2.67. The average Bonchev–Trinajstić information content (AvgIpc) is 3.02. The van der Waals surface area contributed by atoms with Gasteiger partial charge in [-0.2, -0.15) is 0 Å². The molecule has 1 aliphatic rings. The maximum absolute atomic E-state index is 12.4. The van der Waals surface area contributed by atoms with Crippen molar-refractivity contribution in [1.82, 2.24) is 4.98 Å². The van der Waals surface area contributed by atoms with Crippen molar-refractivity contribution < 1.29 is 23.9 Å². The van der Waals surface area contributed by atoms with Crippen molar-refractivity contribution >= 4 is 17.7 Å². The zero-order valence-electron chi connectivity index (χ0n) is 13.0. The Morgan fingerprint density at radius 3 is 2.61 bits per heavy atom. The number of hydrogen-bond acceptors (Lipinski definition) is 7. The topological polar surface area (TPSA) is 109 Å². The number of hydrogen-bond donors (Lipinski definition) is 1. The van der Waals surface area contributed by atoms with Gasteiger partial charge in [-0.15, -0.1) is 0 Å². The van der Waals surface area contributed by atoms with E-state index in [4.69, 9.17) is 15.2 Å². The number of nitrogens with zero attached hydrogens (tertiary/aromatic N) is 1. The molecule has 1 saturated carbocycles. The molecule has 0 radical (unpaired) electrons. The van der Waals surface area contributed by atoms with E-state index in [2.05, 4.69) is 4.98 Å². The number of Topliss-reactive ketones (excluding diaryl/α,β-unsaturated/α-hetero) is 1. The van der Waals surface area contributed by atoms with E-state index in [0.29, 0.717) is 18.5 Å². The van der Waals surface area contributed by atoms with Crippen LogP contribution < -0.4 is 5.73 Å². The number of carbonyl (C=O) groups excluding carboxylic acids is 3. The van der Waals surface area contributed by atoms with Gasteiger partial charge in [-0.3, -0.25) is 14.6 Å². The Hall–Kier alpha value is -2.28. The molecule has 1 aromatic rings. The molecule has 1 heterocycles. The van der Waals surface area contributed by atoms with E-state index in [1.807, 2.05) is 0 Å². The van der Waals surface area contributed by atoms with Gasteiger partial charge in [-0.05, 0) is 37.8 Å². The molecule has 0 aromatic carbocycles. The molecule has 0 saturated heterocycles. The van der Waals surface area contributed by atoms with Crippen LogP contribution in [0.1, 0.15) is 48.7 Å². The predicted molar refractivity (Wildman–Crippen MR) is 80.4 cm³/mol. The van der Waals surface area contributed by atoms with Gasteiger partial charge in [0.1, 0.15) is 6.61 Å². The summed E-state index contributed by atoms with van der Waals surface area (Å²) in [5, 5.41) is 0. The van der Waals surface area contributed by atoms with Gasteiger partial charge in [0.05, 0.1) is 17.8 Å². The normalized spacial score (nSPS) is 15.9. The van der Waals surface area contributed by atoms with Gasteiger partial charge in [-0.1, -0.05) is 0 Å². The van der Waals surface area contributed by atoms with Crippen LogP contribution in [0, 0.1) is 0 Å². The summed E-state index contributed by atoms with van der Waals surface area (Å²) < 4.78 is 10.4. The Morgan fingerprint density at radius 2 is 2.00 bits per heavy atom. The fourth-order valence-electron chi connectivity index (χ4n) is 2.67. The molecule has 0 atom stereocenters. The minimum atomic E-state index is -1.11. The summed E-state index contributed by atoms with van der Waals surface area (Å²) in [6.07, 6.45) is 4.09. The van der Waals surface area contributed by atoms with Crippen molar-refractivity contribution in [2.45, 2.75) is 44.8 Å². The van der Waals surface area contributed by atoms with Gasteiger partial charge in [0.15, 0.2) is 11.4 Å². The number of esters is 2. The zero-order valence-corrected chi connectivity index (χ0v) is 13.0. The largest absolute Gasteiger partial charge is 0.459 e. The SMILES string of the molecule is CC(=O)OCc1cc(C(=O)OC2(C(=O)CN)CCCC2)ccn1. The first-order valence-corrected chi connectivity index (χ1v) is 7.52. The van der Waals surface area contributed by atoms with Crippen molar-refractivity contribution in [1.29, 1.82) is 0 Å². The maximum atomic E-state index is 12.4. The quantitative estimate of drug-likeness (QED) is 0.783. The number of ketones is 1. The molecule has 7 heteroatoms. The van der Waals surface area contributed by atoms with Crippen LogP contribution in [0.5, 0.6) is 0 Å². The molecule has 2 N–H and O–H groups in total. The van der Waals surface area contributed by atoms with Gasteiger partial charge in [0.25, 0.3) is 0 Å². The van der Waals surface area contributed by atoms with Crippen LogP contribution in [0.2, 0.25) is 0 Å². The Balaban J connectivity index is 2.12. The summed E-state index contributed by atoms with van der Waals surface area (Å²) in [5.74, 6) is -1.28. The van der Waals surface area contributed by atoms with E-state index in [9.17, 15) is 14.4 Å². The van der Waals surface area contributed by atoms with Crippen LogP contribution in [0.4, 0.5) is 0 Å². The second-order valence-corrected chi connectivity index (χ2v) is 5.53. The molecule has 0 bridgehead atoms. The molecule has 7 nitrogen and oxygen atoms in total. The second-order valence-electron chi connectivity index (χ2n) is 5.53. The molecule has 1 aromatic heterocycles. The molecule has 0 aliphatic heterocycles. The Labute approximate surface area is 134 Å². The standard InChI is InChI=1S/C16H20N2O5/c1-11(19)22-10-13-8-12(4-7-18-13)15(21)23-16(14(20)9-17)5-2-3-6-16/h4,7-8H,2-3,5-6,9-10,17H2,1H3. The van der Waals surface area contributed by atoms with Crippen LogP contribution in [0.3, 0.4) is 0 Å². The van der Waals surface area contributed by atoms with Gasteiger partial charge < -0.3 is 15.2 Å². The zero-order chi connectivity index (χ0) is 16.9. The van der Waals surface area contributed by atoms with Gasteiger partial charge in [0, 0.05) is 13.1 Å². The molecule has 2 rings (SSSR count). The molecule has 0 spiro atoms. The van der Waals surface area contributed by atoms with Crippen LogP contribution in [0.15, 0.2) is 18.3 Å². The fraction of sp³-hybridized carbons (Fsp3) is 0.500. The third kappa shape index (κ3) is 4.13. The molecule has 1 aliphatic carbocycles. The lowest BCUT2D eigenvalue weighted by Gasteiger charge is -2.27. The van der Waals surface area contributed by atoms with E-state index < -0.39 is 17.5 Å². The van der Waals surface area contributed by atoms with Gasteiger partial charge in [0.2, 0.25) is 0 Å². The number of nitrogens with two attached hydrogens (primary N) is 1. The first-order chi connectivity index (χ1) is 11.0. The van der Waals surface area contributed by atoms with E-state index in [1.165, 1.54) is 25.3 Å². The third-order valence-corrected chi connectivity index (χ3v) is 3.87. The summed E-state index contributed by atoms with van der Waals surface area (Å²) in [7, 11) is 0. The first kappa shape index (κ1) is 17.1. The predicted octanol–water partition coefficient (Wildman–Crippen LogP) is 1.14. The highest BCUT2D eigenvalue weighted by molar-refractivity contribution is 5.95. The molecular weight excluding hydrogens is 300 g/mol. The molecule has 0 amide bonds. The summed E-state index contributed by atoms with van der Waals surface area (Å²) in [4.78, 5) is 39.3. The lowest BCUT2D eigenvalue weighted by atomic mass is 9.96. The highest BCUT2D eigenvalue weighted by Crippen LogP contribution is 2.34. The van der Waals surface area contributed by atoms with Gasteiger partial charge >= 0.3 is 11.9 Å². The summed E-state index contributed by atoms with van der Waals surface area (Å²) in [5.41, 5.74) is 5.03. The lowest BCUT2D eigenvalue weighted by Crippen LogP contribution is -2.44. The van der Waals surface area contributed by atoms with Crippen molar-refractivity contribution in [2.75, 3.05) is 6.54 Å². The smallest absolute Gasteiger partial charge is 0.339 e. The lowest BCUT2D eigenvalue weighted by molar-refractivity contribution is -0.142. The minimum absolute atomic E-state index is 0.0245. The van der Waals surface area contributed by atoms with Crippen LogP contribution in [0.25, 0.3) is 0 Å². The van der Waals surface area contributed by atoms with E-state index >= 15 is 0 Å². The molecule has 23 heavy (non-hydrogen) atoms. The molecule has 124 valence electrons. The Kier molecular flexibility index (Phi) is 5.44. The summed E-state index contributed by atoms with van der Waals surface area (Å²) in [6.45, 7) is 1.12. The molecule has 0 unspecified atom stereocenters. The molecular formula is C16H20N2O5. The van der Waals surface area contributed by atoms with Crippen molar-refractivity contribution in [3.05, 3.63) is 29.6 Å². The number of carbonyl (C=O) groups is 3. The summed E-state index contributed by atoms with van der Waals surface area (Å²) >= 11 is 0. The average molecular weight is 320 g/mol. The highest BCUT2D eigenvalue weighted by atomic mass is 16.6. The maximum Gasteiger partial charge on any atom is 0.339 e. The monoisotopic (exact) mass is 320 g/mol. The van der Waals surface area contributed by atoms with Crippen molar-refractivity contribution in [3.8, 4) is 0 Å². The third-order valence-electron chi connectivity index (χ3n) is 3.87. The number of aromatic nitrogens is 1. The van der Waals surface area contributed by atoms with Crippen molar-refractivity contribution in [3.63, 3.8) is 0 Å². The van der Waals surface area contributed by atoms with Crippen LogP contribution in [-0.4, -0.2) is 34.9 Å². The Bertz CT molecular complexity index is 608. The minimum Gasteiger partial charge on any atom is -0.459 e. The van der Waals surface area contributed by atoms with Gasteiger partial charge in [-0.25, -0.2) is 4.79 Å². The summed E-state index contributed by atoms with van der Waals surface area (Å²) in [6, 6.07) is 2.98. The van der Waals surface area contributed by atoms with Crippen LogP contribution in [-0.2, 0) is 25.7 Å². The second kappa shape index (κ2) is 7.32. The number of rotatable bonds is 6. The van der Waals surface area contributed by atoms with E-state index in [1.54, 1.807) is 0 Å². The van der Waals surface area contributed by atoms with E-state index in [-0.39, 0.29) is 24.5 Å². The first-order valence-electron chi connectivity index (χ1n) is 7.52. The number of ether oxygens (including phenoxy) is 2. The van der Waals surface area contributed by atoms with Crippen molar-refractivity contribution in [2.24, 2.45) is 5.73 Å². The Morgan fingerprint density at radius 1 is 1.30 bits per heavy atom. The van der Waals surface area contributed by atoms with Crippen LogP contribution >= 0.6 is 0 Å². The molecule has 1 fully saturated rings.